The summed E-state index contributed by atoms with van der Waals surface area (Å²) in [6.07, 6.45) is 4.77. The normalized spacial score (nSPS) is 17.9. The second kappa shape index (κ2) is 6.97. The molecule has 1 aliphatic rings. The van der Waals surface area contributed by atoms with Gasteiger partial charge in [-0.05, 0) is 55.5 Å². The van der Waals surface area contributed by atoms with E-state index in [0.29, 0.717) is 17.7 Å². The van der Waals surface area contributed by atoms with E-state index in [1.165, 1.54) is 30.4 Å². The lowest BCUT2D eigenvalue weighted by Gasteiger charge is -2.27. The van der Waals surface area contributed by atoms with Crippen LogP contribution in [0.3, 0.4) is 0 Å². The van der Waals surface area contributed by atoms with Crippen LogP contribution in [-0.4, -0.2) is 13.2 Å². The Bertz CT molecular complexity index is 444. The van der Waals surface area contributed by atoms with Crippen LogP contribution in [0.4, 0.5) is 0 Å². The molecule has 0 aliphatic heterocycles. The van der Waals surface area contributed by atoms with Gasteiger partial charge in [0.05, 0.1) is 0 Å². The average Bonchev–Trinajstić information content (AvgIpc) is 2.42. The summed E-state index contributed by atoms with van der Waals surface area (Å²) in [7, 11) is 0. The lowest BCUT2D eigenvalue weighted by atomic mass is 9.87. The van der Waals surface area contributed by atoms with Crippen molar-refractivity contribution in [2.75, 3.05) is 13.2 Å². The van der Waals surface area contributed by atoms with Gasteiger partial charge in [-0.1, -0.05) is 31.2 Å². The van der Waals surface area contributed by atoms with Crippen molar-refractivity contribution in [2.24, 2.45) is 0 Å². The lowest BCUT2D eigenvalue weighted by molar-refractivity contribution is 0.358. The maximum absolute atomic E-state index is 5.72. The van der Waals surface area contributed by atoms with E-state index in [9.17, 15) is 0 Å². The number of benzene rings is 1. The van der Waals surface area contributed by atoms with Crippen molar-refractivity contribution < 1.29 is 4.74 Å². The summed E-state index contributed by atoms with van der Waals surface area (Å²) in [5, 5.41) is 4.15. The van der Waals surface area contributed by atoms with E-state index in [4.69, 9.17) is 16.3 Å². The summed E-state index contributed by atoms with van der Waals surface area (Å²) in [6.45, 7) is 7.29. The van der Waals surface area contributed by atoms with Crippen molar-refractivity contribution in [1.82, 2.24) is 5.32 Å². The Morgan fingerprint density at radius 3 is 3.11 bits per heavy atom. The summed E-state index contributed by atoms with van der Waals surface area (Å²) in [5.41, 5.74) is 2.83. The molecule has 19 heavy (non-hydrogen) atoms. The minimum Gasteiger partial charge on any atom is -0.488 e. The predicted octanol–water partition coefficient (Wildman–Crippen LogP) is 4.19. The van der Waals surface area contributed by atoms with Gasteiger partial charge in [-0.15, -0.1) is 0 Å². The number of fused-ring (bicyclic) bond motifs is 1. The Labute approximate surface area is 120 Å². The molecule has 0 spiro atoms. The average molecular weight is 280 g/mol. The van der Waals surface area contributed by atoms with Gasteiger partial charge in [0.25, 0.3) is 0 Å². The molecule has 0 amide bonds. The van der Waals surface area contributed by atoms with Gasteiger partial charge in [0.15, 0.2) is 0 Å². The summed E-state index contributed by atoms with van der Waals surface area (Å²) in [6, 6.07) is 6.87. The topological polar surface area (TPSA) is 21.3 Å². The number of hydrogen-bond donors (Lipinski definition) is 1. The number of rotatable bonds is 6. The van der Waals surface area contributed by atoms with E-state index in [1.54, 1.807) is 0 Å². The quantitative estimate of drug-likeness (QED) is 0.843. The molecule has 0 heterocycles. The van der Waals surface area contributed by atoms with Crippen LogP contribution in [0.1, 0.15) is 43.4 Å². The van der Waals surface area contributed by atoms with Gasteiger partial charge in [-0.25, -0.2) is 0 Å². The van der Waals surface area contributed by atoms with Crippen LogP contribution < -0.4 is 10.1 Å². The van der Waals surface area contributed by atoms with Crippen molar-refractivity contribution >= 4 is 11.6 Å². The van der Waals surface area contributed by atoms with Crippen LogP contribution in [0.15, 0.2) is 29.8 Å². The summed E-state index contributed by atoms with van der Waals surface area (Å²) < 4.78 is 5.60. The van der Waals surface area contributed by atoms with E-state index in [2.05, 4.69) is 31.0 Å². The molecule has 0 fully saturated rings. The highest BCUT2D eigenvalue weighted by Crippen LogP contribution is 2.32. The number of nitrogens with one attached hydrogen (secondary N) is 1. The minimum absolute atomic E-state index is 0.373. The van der Waals surface area contributed by atoms with Gasteiger partial charge in [-0.3, -0.25) is 0 Å². The molecule has 0 bridgehead atoms. The Morgan fingerprint density at radius 1 is 1.53 bits per heavy atom. The standard InChI is InChI=1S/C16H22ClNO/c1-3-9-18-16-6-4-5-13-10-14(7-8-15(13)16)19-11-12(2)17/h7-8,10,16,18H,2-6,9,11H2,1H3. The van der Waals surface area contributed by atoms with E-state index in [-0.39, 0.29) is 0 Å². The number of halogens is 1. The van der Waals surface area contributed by atoms with Gasteiger partial charge >= 0.3 is 0 Å². The first kappa shape index (κ1) is 14.4. The zero-order valence-electron chi connectivity index (χ0n) is 11.5. The maximum atomic E-state index is 5.72. The molecule has 104 valence electrons. The third-order valence-electron chi connectivity index (χ3n) is 3.46. The van der Waals surface area contributed by atoms with Crippen LogP contribution >= 0.6 is 11.6 Å². The molecule has 1 aliphatic carbocycles. The maximum Gasteiger partial charge on any atom is 0.123 e. The smallest absolute Gasteiger partial charge is 0.123 e. The van der Waals surface area contributed by atoms with Gasteiger partial charge < -0.3 is 10.1 Å². The third kappa shape index (κ3) is 3.99. The zero-order chi connectivity index (χ0) is 13.7. The van der Waals surface area contributed by atoms with Crippen molar-refractivity contribution in [1.29, 1.82) is 0 Å². The highest BCUT2D eigenvalue weighted by molar-refractivity contribution is 6.29. The Hall–Kier alpha value is -0.990. The fourth-order valence-corrected chi connectivity index (χ4v) is 2.63. The minimum atomic E-state index is 0.373. The van der Waals surface area contributed by atoms with Gasteiger partial charge in [0.2, 0.25) is 0 Å². The van der Waals surface area contributed by atoms with Crippen molar-refractivity contribution in [3.05, 3.63) is 40.9 Å². The molecular formula is C16H22ClNO. The third-order valence-corrected chi connectivity index (χ3v) is 3.57. The molecule has 1 aromatic carbocycles. The molecule has 1 atom stereocenters. The molecule has 1 unspecified atom stereocenters. The van der Waals surface area contributed by atoms with E-state index < -0.39 is 0 Å². The molecule has 2 nitrogen and oxygen atoms in total. The van der Waals surface area contributed by atoms with Crippen LogP contribution in [0.2, 0.25) is 0 Å². The van der Waals surface area contributed by atoms with Crippen LogP contribution in [0, 0.1) is 0 Å². The molecular weight excluding hydrogens is 258 g/mol. The van der Waals surface area contributed by atoms with Crippen molar-refractivity contribution in [3.63, 3.8) is 0 Å². The Balaban J connectivity index is 2.09. The van der Waals surface area contributed by atoms with Gasteiger partial charge in [-0.2, -0.15) is 0 Å². The highest BCUT2D eigenvalue weighted by atomic mass is 35.5. The summed E-state index contributed by atoms with van der Waals surface area (Å²) in [5.74, 6) is 0.886. The summed E-state index contributed by atoms with van der Waals surface area (Å²) in [4.78, 5) is 0. The van der Waals surface area contributed by atoms with Crippen molar-refractivity contribution in [2.45, 2.75) is 38.6 Å². The first-order valence-electron chi connectivity index (χ1n) is 7.03. The molecule has 0 saturated heterocycles. The number of ether oxygens (including phenoxy) is 1. The molecule has 0 saturated carbocycles. The largest absolute Gasteiger partial charge is 0.488 e. The fourth-order valence-electron chi connectivity index (χ4n) is 2.57. The zero-order valence-corrected chi connectivity index (χ0v) is 12.3. The Morgan fingerprint density at radius 2 is 2.37 bits per heavy atom. The highest BCUT2D eigenvalue weighted by Gasteiger charge is 2.19. The number of aryl methyl sites for hydroxylation is 1. The second-order valence-corrected chi connectivity index (χ2v) is 5.60. The summed E-state index contributed by atoms with van der Waals surface area (Å²) >= 11 is 5.72. The molecule has 2 rings (SSSR count). The van der Waals surface area contributed by atoms with Crippen LogP contribution in [0.5, 0.6) is 5.75 Å². The molecule has 1 N–H and O–H groups in total. The first-order chi connectivity index (χ1) is 9.20. The van der Waals surface area contributed by atoms with Gasteiger partial charge in [0.1, 0.15) is 12.4 Å². The van der Waals surface area contributed by atoms with E-state index >= 15 is 0 Å². The van der Waals surface area contributed by atoms with Crippen LogP contribution in [-0.2, 0) is 6.42 Å². The van der Waals surface area contributed by atoms with Crippen LogP contribution in [0.25, 0.3) is 0 Å². The molecule has 1 aromatic rings. The van der Waals surface area contributed by atoms with Crippen molar-refractivity contribution in [3.8, 4) is 5.75 Å². The number of hydrogen-bond acceptors (Lipinski definition) is 2. The Kier molecular flexibility index (Phi) is 5.29. The van der Waals surface area contributed by atoms with E-state index in [1.807, 2.05) is 6.07 Å². The van der Waals surface area contributed by atoms with E-state index in [0.717, 1.165) is 18.7 Å². The monoisotopic (exact) mass is 279 g/mol. The fraction of sp³-hybridized carbons (Fsp3) is 0.500. The second-order valence-electron chi connectivity index (χ2n) is 5.07. The molecule has 3 heteroatoms. The molecule has 0 radical (unpaired) electrons. The van der Waals surface area contributed by atoms with Gasteiger partial charge in [0, 0.05) is 11.1 Å². The molecule has 0 aromatic heterocycles. The lowest BCUT2D eigenvalue weighted by Crippen LogP contribution is -2.25. The predicted molar refractivity (Wildman–Crippen MR) is 80.9 cm³/mol. The SMILES string of the molecule is C=C(Cl)COc1ccc2c(c1)CCCC2NCCC. The first-order valence-corrected chi connectivity index (χ1v) is 7.40.